The van der Waals surface area contributed by atoms with Crippen LogP contribution in [0.5, 0.6) is 5.75 Å². The van der Waals surface area contributed by atoms with Crippen LogP contribution in [0.3, 0.4) is 0 Å². The standard InChI is InChI=1S/C24H30FN5O3/c1-33-21-7-2-14(8-20(21)25)10-26-22-19(23(32)28-17-3-5-18(31)6-4-17)11-27-24(29-22)30-12-15-9-16(15)13-30/h2,7-8,11,15-18,31H,3-6,9-10,12-13H2,1H3,(H,28,32)(H,26,27,29)/t15?,16?,17-,18-. The summed E-state index contributed by atoms with van der Waals surface area (Å²) in [4.78, 5) is 24.4. The van der Waals surface area contributed by atoms with Gasteiger partial charge in [-0.3, -0.25) is 4.79 Å². The number of carbonyl (C=O) groups is 1. The van der Waals surface area contributed by atoms with E-state index in [1.807, 2.05) is 0 Å². The first-order valence-electron chi connectivity index (χ1n) is 11.7. The molecular formula is C24H30FN5O3. The molecule has 0 bridgehead atoms. The Morgan fingerprint density at radius 3 is 2.70 bits per heavy atom. The van der Waals surface area contributed by atoms with Crippen molar-refractivity contribution in [2.45, 2.75) is 50.8 Å². The molecule has 1 amide bonds. The number of carbonyl (C=O) groups excluding carboxylic acids is 1. The number of aliphatic hydroxyl groups excluding tert-OH is 1. The summed E-state index contributed by atoms with van der Waals surface area (Å²) in [6, 6.07) is 4.79. The second kappa shape index (κ2) is 9.13. The van der Waals surface area contributed by atoms with Crippen molar-refractivity contribution in [2.24, 2.45) is 11.8 Å². The third-order valence-corrected chi connectivity index (χ3v) is 6.99. The Labute approximate surface area is 192 Å². The van der Waals surface area contributed by atoms with E-state index in [0.717, 1.165) is 37.8 Å². The van der Waals surface area contributed by atoms with Crippen LogP contribution < -0.4 is 20.3 Å². The first-order valence-corrected chi connectivity index (χ1v) is 11.7. The van der Waals surface area contributed by atoms with Crippen LogP contribution in [0.2, 0.25) is 0 Å². The number of nitrogens with one attached hydrogen (secondary N) is 2. The van der Waals surface area contributed by atoms with Gasteiger partial charge >= 0.3 is 0 Å². The molecule has 2 unspecified atom stereocenters. The zero-order valence-electron chi connectivity index (χ0n) is 18.8. The largest absolute Gasteiger partial charge is 0.494 e. The summed E-state index contributed by atoms with van der Waals surface area (Å²) in [6.07, 6.45) is 5.44. The molecule has 0 radical (unpaired) electrons. The third kappa shape index (κ3) is 4.88. The number of aliphatic hydroxyl groups is 1. The normalized spacial score (nSPS) is 26.0. The second-order valence-electron chi connectivity index (χ2n) is 9.39. The molecule has 3 aliphatic rings. The molecule has 5 rings (SSSR count). The van der Waals surface area contributed by atoms with E-state index in [0.29, 0.717) is 42.3 Å². The molecule has 1 aliphatic heterocycles. The van der Waals surface area contributed by atoms with Crippen LogP contribution in [0.4, 0.5) is 16.2 Å². The van der Waals surface area contributed by atoms with Gasteiger partial charge in [0.2, 0.25) is 5.95 Å². The molecule has 2 atom stereocenters. The molecule has 9 heteroatoms. The Morgan fingerprint density at radius 1 is 1.24 bits per heavy atom. The van der Waals surface area contributed by atoms with Gasteiger partial charge in [0.15, 0.2) is 11.6 Å². The van der Waals surface area contributed by atoms with Gasteiger partial charge in [-0.05, 0) is 61.6 Å². The summed E-state index contributed by atoms with van der Waals surface area (Å²) in [5.74, 6) is 2.03. The van der Waals surface area contributed by atoms with Gasteiger partial charge in [0.25, 0.3) is 5.91 Å². The Bertz CT molecular complexity index is 1020. The summed E-state index contributed by atoms with van der Waals surface area (Å²) in [7, 11) is 1.43. The number of aromatic nitrogens is 2. The molecule has 8 nitrogen and oxygen atoms in total. The maximum absolute atomic E-state index is 14.1. The summed E-state index contributed by atoms with van der Waals surface area (Å²) in [5.41, 5.74) is 1.08. The van der Waals surface area contributed by atoms with Crippen LogP contribution in [0, 0.1) is 17.7 Å². The number of hydrogen-bond donors (Lipinski definition) is 3. The average Bonchev–Trinajstić information content (AvgIpc) is 3.43. The summed E-state index contributed by atoms with van der Waals surface area (Å²) >= 11 is 0. The molecule has 0 spiro atoms. The lowest BCUT2D eigenvalue weighted by molar-refractivity contribution is 0.0867. The van der Waals surface area contributed by atoms with Crippen LogP contribution in [0.15, 0.2) is 24.4 Å². The van der Waals surface area contributed by atoms with E-state index in [4.69, 9.17) is 9.72 Å². The van der Waals surface area contributed by atoms with Crippen LogP contribution in [0.1, 0.15) is 48.0 Å². The van der Waals surface area contributed by atoms with Crippen LogP contribution in [-0.2, 0) is 6.54 Å². The van der Waals surface area contributed by atoms with Gasteiger partial charge in [0.1, 0.15) is 11.4 Å². The minimum absolute atomic E-state index is 0.0230. The summed E-state index contributed by atoms with van der Waals surface area (Å²) < 4.78 is 19.1. The molecule has 1 aromatic carbocycles. The molecule has 3 N–H and O–H groups in total. The lowest BCUT2D eigenvalue weighted by atomic mass is 9.93. The maximum Gasteiger partial charge on any atom is 0.256 e. The number of amides is 1. The maximum atomic E-state index is 14.1. The van der Waals surface area contributed by atoms with E-state index in [1.165, 1.54) is 19.6 Å². The van der Waals surface area contributed by atoms with Crippen molar-refractivity contribution in [2.75, 3.05) is 30.4 Å². The third-order valence-electron chi connectivity index (χ3n) is 6.99. The van der Waals surface area contributed by atoms with Gasteiger partial charge in [-0.2, -0.15) is 4.98 Å². The predicted molar refractivity (Wildman–Crippen MR) is 122 cm³/mol. The number of halogens is 1. The van der Waals surface area contributed by atoms with Crippen molar-refractivity contribution >= 4 is 17.7 Å². The molecule has 176 valence electrons. The van der Waals surface area contributed by atoms with Crippen LogP contribution in [0.25, 0.3) is 0 Å². The number of hydrogen-bond acceptors (Lipinski definition) is 7. The molecule has 2 saturated carbocycles. The quantitative estimate of drug-likeness (QED) is 0.590. The topological polar surface area (TPSA) is 99.6 Å². The second-order valence-corrected chi connectivity index (χ2v) is 9.39. The molecule has 2 aromatic rings. The van der Waals surface area contributed by atoms with E-state index in [9.17, 15) is 14.3 Å². The number of anilines is 2. The average molecular weight is 456 g/mol. The molecule has 2 heterocycles. The first-order chi connectivity index (χ1) is 16.0. The van der Waals surface area contributed by atoms with E-state index in [-0.39, 0.29) is 23.8 Å². The lowest BCUT2D eigenvalue weighted by Crippen LogP contribution is -2.39. The predicted octanol–water partition coefficient (Wildman–Crippen LogP) is 2.73. The highest BCUT2D eigenvalue weighted by Gasteiger charge is 2.46. The number of ether oxygens (including phenoxy) is 1. The minimum Gasteiger partial charge on any atom is -0.494 e. The number of nitrogens with zero attached hydrogens (tertiary/aromatic N) is 3. The fourth-order valence-corrected chi connectivity index (χ4v) is 4.88. The highest BCUT2D eigenvalue weighted by atomic mass is 19.1. The number of benzene rings is 1. The molecular weight excluding hydrogens is 425 g/mol. The van der Waals surface area contributed by atoms with E-state index < -0.39 is 5.82 Å². The van der Waals surface area contributed by atoms with Gasteiger partial charge < -0.3 is 25.4 Å². The fraction of sp³-hybridized carbons (Fsp3) is 0.542. The van der Waals surface area contributed by atoms with Gasteiger partial charge in [-0.1, -0.05) is 6.07 Å². The summed E-state index contributed by atoms with van der Waals surface area (Å²) in [6.45, 7) is 2.20. The first kappa shape index (κ1) is 21.9. The highest BCUT2D eigenvalue weighted by Crippen LogP contribution is 2.45. The summed E-state index contributed by atoms with van der Waals surface area (Å²) in [5, 5.41) is 16.0. The van der Waals surface area contributed by atoms with Gasteiger partial charge in [0.05, 0.1) is 13.2 Å². The van der Waals surface area contributed by atoms with E-state index in [1.54, 1.807) is 18.3 Å². The van der Waals surface area contributed by atoms with Crippen molar-refractivity contribution in [1.82, 2.24) is 15.3 Å². The van der Waals surface area contributed by atoms with Crippen molar-refractivity contribution in [3.05, 3.63) is 41.3 Å². The zero-order chi connectivity index (χ0) is 22.9. The monoisotopic (exact) mass is 455 g/mol. The number of rotatable bonds is 7. The van der Waals surface area contributed by atoms with Crippen LogP contribution in [-0.4, -0.2) is 53.3 Å². The molecule has 33 heavy (non-hydrogen) atoms. The number of methoxy groups -OCH3 is 1. The lowest BCUT2D eigenvalue weighted by Gasteiger charge is -2.26. The zero-order valence-corrected chi connectivity index (χ0v) is 18.8. The van der Waals surface area contributed by atoms with Crippen LogP contribution >= 0.6 is 0 Å². The number of fused-ring (bicyclic) bond motifs is 1. The Morgan fingerprint density at radius 2 is 2.00 bits per heavy atom. The minimum atomic E-state index is -0.436. The Balaban J connectivity index is 1.34. The smallest absolute Gasteiger partial charge is 0.256 e. The van der Waals surface area contributed by atoms with Crippen molar-refractivity contribution in [3.8, 4) is 5.75 Å². The fourth-order valence-electron chi connectivity index (χ4n) is 4.88. The SMILES string of the molecule is COc1ccc(CNc2nc(N3CC4CC4C3)ncc2C(=O)N[C@H]2CC[C@H](O)CC2)cc1F. The van der Waals surface area contributed by atoms with Gasteiger partial charge in [-0.15, -0.1) is 0 Å². The van der Waals surface area contributed by atoms with Crippen molar-refractivity contribution < 1.29 is 19.0 Å². The van der Waals surface area contributed by atoms with E-state index >= 15 is 0 Å². The molecule has 1 aromatic heterocycles. The van der Waals surface area contributed by atoms with Gasteiger partial charge in [-0.25, -0.2) is 9.37 Å². The highest BCUT2D eigenvalue weighted by molar-refractivity contribution is 5.98. The Hall–Kier alpha value is -2.94. The molecule has 1 saturated heterocycles. The van der Waals surface area contributed by atoms with Crippen molar-refractivity contribution in [3.63, 3.8) is 0 Å². The Kier molecular flexibility index (Phi) is 6.05. The van der Waals surface area contributed by atoms with Crippen molar-refractivity contribution in [1.29, 1.82) is 0 Å². The molecule has 2 aliphatic carbocycles. The number of piperidine rings is 1. The van der Waals surface area contributed by atoms with E-state index in [2.05, 4.69) is 20.5 Å². The van der Waals surface area contributed by atoms with Gasteiger partial charge in [0, 0.05) is 31.9 Å². The molecule has 3 fully saturated rings.